The Balaban J connectivity index is 0.000000477. The number of nitrogens with one attached hydrogen (secondary N) is 1. The van der Waals surface area contributed by atoms with E-state index in [0.717, 1.165) is 32.2 Å². The van der Waals surface area contributed by atoms with Crippen LogP contribution in [0.4, 0.5) is 0 Å². The van der Waals surface area contributed by atoms with Crippen LogP contribution in [0.5, 0.6) is 0 Å². The molecule has 4 atom stereocenters. The fraction of sp³-hybridized carbons (Fsp3) is 0.944. The quantitative estimate of drug-likeness (QED) is 0.343. The number of unbranched alkanes of at least 4 members (excludes halogenated alkanes) is 2. The first kappa shape index (κ1) is 24.3. The predicted molar refractivity (Wildman–Crippen MR) is 96.0 cm³/mol. The SMILES string of the molecule is CC(C)(C)CCCCNC=O.CCCCOC1OC(CO)C(O)C1O. The summed E-state index contributed by atoms with van der Waals surface area (Å²) >= 11 is 0. The second kappa shape index (κ2) is 13.5. The van der Waals surface area contributed by atoms with Crippen molar-refractivity contribution < 1.29 is 29.6 Å². The molecule has 0 radical (unpaired) electrons. The van der Waals surface area contributed by atoms with Gasteiger partial charge < -0.3 is 30.1 Å². The van der Waals surface area contributed by atoms with Crippen LogP contribution in [0.3, 0.4) is 0 Å². The zero-order chi connectivity index (χ0) is 19.3. The number of rotatable bonds is 10. The summed E-state index contributed by atoms with van der Waals surface area (Å²) in [6.07, 6.45) is 2.48. The molecule has 0 bridgehead atoms. The molecule has 4 N–H and O–H groups in total. The van der Waals surface area contributed by atoms with Gasteiger partial charge in [0.2, 0.25) is 6.41 Å². The summed E-state index contributed by atoms with van der Waals surface area (Å²) in [7, 11) is 0. The van der Waals surface area contributed by atoms with Gasteiger partial charge in [-0.1, -0.05) is 40.5 Å². The van der Waals surface area contributed by atoms with Gasteiger partial charge in [0.1, 0.15) is 18.3 Å². The van der Waals surface area contributed by atoms with Crippen LogP contribution in [-0.2, 0) is 14.3 Å². The van der Waals surface area contributed by atoms with Gasteiger partial charge in [-0.05, 0) is 24.7 Å². The van der Waals surface area contributed by atoms with Crippen molar-refractivity contribution >= 4 is 6.41 Å². The Kier molecular flexibility index (Phi) is 13.1. The first-order valence-electron chi connectivity index (χ1n) is 9.18. The molecule has 7 heteroatoms. The number of hydrogen-bond acceptors (Lipinski definition) is 6. The molecule has 1 aliphatic rings. The molecule has 0 aromatic rings. The summed E-state index contributed by atoms with van der Waals surface area (Å²) in [5.41, 5.74) is 0.432. The van der Waals surface area contributed by atoms with Crippen LogP contribution in [-0.4, -0.2) is 66.1 Å². The van der Waals surface area contributed by atoms with Gasteiger partial charge in [0.15, 0.2) is 6.29 Å². The van der Waals surface area contributed by atoms with Crippen molar-refractivity contribution in [1.29, 1.82) is 0 Å². The highest BCUT2D eigenvalue weighted by molar-refractivity contribution is 5.45. The zero-order valence-electron chi connectivity index (χ0n) is 16.1. The lowest BCUT2D eigenvalue weighted by Gasteiger charge is -2.17. The van der Waals surface area contributed by atoms with Crippen LogP contribution in [0.2, 0.25) is 0 Å². The maximum Gasteiger partial charge on any atom is 0.207 e. The maximum absolute atomic E-state index is 9.85. The molecule has 1 heterocycles. The molecule has 0 saturated carbocycles. The summed E-state index contributed by atoms with van der Waals surface area (Å²) < 4.78 is 10.3. The molecule has 1 amide bonds. The van der Waals surface area contributed by atoms with E-state index < -0.39 is 24.6 Å². The Morgan fingerprint density at radius 3 is 2.32 bits per heavy atom. The van der Waals surface area contributed by atoms with Gasteiger partial charge in [-0.25, -0.2) is 0 Å². The molecule has 150 valence electrons. The van der Waals surface area contributed by atoms with E-state index in [0.29, 0.717) is 12.0 Å². The Hall–Kier alpha value is -0.730. The number of carbonyl (C=O) groups excluding carboxylic acids is 1. The molecule has 1 aliphatic heterocycles. The number of ether oxygens (including phenoxy) is 2. The summed E-state index contributed by atoms with van der Waals surface area (Å²) in [6, 6.07) is 0. The van der Waals surface area contributed by atoms with E-state index in [2.05, 4.69) is 26.1 Å². The summed E-state index contributed by atoms with van der Waals surface area (Å²) in [4.78, 5) is 9.85. The molecule has 1 fully saturated rings. The van der Waals surface area contributed by atoms with E-state index in [1.807, 2.05) is 6.92 Å². The number of hydrogen-bond donors (Lipinski definition) is 4. The van der Waals surface area contributed by atoms with Crippen molar-refractivity contribution in [2.24, 2.45) is 5.41 Å². The molecule has 7 nitrogen and oxygen atoms in total. The van der Waals surface area contributed by atoms with Crippen molar-refractivity contribution in [1.82, 2.24) is 5.32 Å². The van der Waals surface area contributed by atoms with Gasteiger partial charge in [0.25, 0.3) is 0 Å². The fourth-order valence-electron chi connectivity index (χ4n) is 2.29. The van der Waals surface area contributed by atoms with Crippen LogP contribution < -0.4 is 5.32 Å². The van der Waals surface area contributed by atoms with Crippen LogP contribution in [0.1, 0.15) is 59.8 Å². The van der Waals surface area contributed by atoms with Gasteiger partial charge in [0.05, 0.1) is 6.61 Å². The number of aliphatic hydroxyl groups is 3. The third kappa shape index (κ3) is 11.5. The fourth-order valence-corrected chi connectivity index (χ4v) is 2.29. The number of amides is 1. The third-order valence-corrected chi connectivity index (χ3v) is 3.86. The van der Waals surface area contributed by atoms with Crippen molar-refractivity contribution in [2.45, 2.75) is 84.4 Å². The monoisotopic (exact) mass is 363 g/mol. The number of aliphatic hydroxyl groups excluding tert-OH is 3. The van der Waals surface area contributed by atoms with E-state index in [4.69, 9.17) is 14.6 Å². The lowest BCUT2D eigenvalue weighted by Crippen LogP contribution is -2.34. The highest BCUT2D eigenvalue weighted by atomic mass is 16.7. The second-order valence-electron chi connectivity index (χ2n) is 7.52. The maximum atomic E-state index is 9.85. The lowest BCUT2D eigenvalue weighted by molar-refractivity contribution is -0.169. The predicted octanol–water partition coefficient (Wildman–Crippen LogP) is 1.19. The standard InChI is InChI=1S/C9H19NO.C9H18O5/c1-9(2,3)6-4-5-7-10-8-11;1-2-3-4-13-9-8(12)7(11)6(5-10)14-9/h8H,4-7H2,1-3H3,(H,10,11);6-12H,2-5H2,1H3. The summed E-state index contributed by atoms with van der Waals surface area (Å²) in [5.74, 6) is 0. The third-order valence-electron chi connectivity index (χ3n) is 3.86. The molecule has 0 aromatic heterocycles. The first-order chi connectivity index (χ1) is 11.8. The van der Waals surface area contributed by atoms with Crippen molar-refractivity contribution in [3.63, 3.8) is 0 Å². The van der Waals surface area contributed by atoms with Gasteiger partial charge >= 0.3 is 0 Å². The molecule has 25 heavy (non-hydrogen) atoms. The summed E-state index contributed by atoms with van der Waals surface area (Å²) in [5, 5.41) is 30.3. The van der Waals surface area contributed by atoms with E-state index in [1.54, 1.807) is 0 Å². The van der Waals surface area contributed by atoms with Crippen LogP contribution in [0.15, 0.2) is 0 Å². The largest absolute Gasteiger partial charge is 0.394 e. The van der Waals surface area contributed by atoms with Gasteiger partial charge in [-0.3, -0.25) is 4.79 Å². The zero-order valence-corrected chi connectivity index (χ0v) is 16.1. The second-order valence-corrected chi connectivity index (χ2v) is 7.52. The normalized spacial score (nSPS) is 26.0. The molecule has 0 aromatic carbocycles. The Labute approximate surface area is 151 Å². The van der Waals surface area contributed by atoms with Crippen molar-refractivity contribution in [3.05, 3.63) is 0 Å². The van der Waals surface area contributed by atoms with Gasteiger partial charge in [-0.2, -0.15) is 0 Å². The van der Waals surface area contributed by atoms with Crippen molar-refractivity contribution in [2.75, 3.05) is 19.8 Å². The first-order valence-corrected chi connectivity index (χ1v) is 9.18. The van der Waals surface area contributed by atoms with Crippen molar-refractivity contribution in [3.8, 4) is 0 Å². The average Bonchev–Trinajstić information content (AvgIpc) is 2.82. The van der Waals surface area contributed by atoms with Crippen LogP contribution in [0, 0.1) is 5.41 Å². The minimum absolute atomic E-state index is 0.314. The minimum Gasteiger partial charge on any atom is -0.394 e. The molecular weight excluding hydrogens is 326 g/mol. The summed E-state index contributed by atoms with van der Waals surface area (Å²) in [6.45, 7) is 9.73. The average molecular weight is 363 g/mol. The van der Waals surface area contributed by atoms with E-state index >= 15 is 0 Å². The van der Waals surface area contributed by atoms with E-state index in [-0.39, 0.29) is 6.61 Å². The van der Waals surface area contributed by atoms with Crippen LogP contribution >= 0.6 is 0 Å². The highest BCUT2D eigenvalue weighted by Crippen LogP contribution is 2.22. The van der Waals surface area contributed by atoms with E-state index in [1.165, 1.54) is 12.8 Å². The smallest absolute Gasteiger partial charge is 0.207 e. The molecule has 0 spiro atoms. The Bertz CT molecular complexity index is 334. The Morgan fingerprint density at radius 2 is 1.84 bits per heavy atom. The molecule has 1 rings (SSSR count). The Morgan fingerprint density at radius 1 is 1.16 bits per heavy atom. The molecule has 0 aliphatic carbocycles. The molecular formula is C18H37NO6. The topological polar surface area (TPSA) is 108 Å². The van der Waals surface area contributed by atoms with Crippen LogP contribution in [0.25, 0.3) is 0 Å². The van der Waals surface area contributed by atoms with E-state index in [9.17, 15) is 15.0 Å². The highest BCUT2D eigenvalue weighted by Gasteiger charge is 2.42. The minimum atomic E-state index is -1.07. The molecule has 4 unspecified atom stereocenters. The lowest BCUT2D eigenvalue weighted by atomic mass is 9.90. The number of carbonyl (C=O) groups is 1. The van der Waals surface area contributed by atoms with Gasteiger partial charge in [-0.15, -0.1) is 0 Å². The van der Waals surface area contributed by atoms with Gasteiger partial charge in [0, 0.05) is 13.2 Å². The molecule has 1 saturated heterocycles.